The summed E-state index contributed by atoms with van der Waals surface area (Å²) in [6.45, 7) is 3.95. The van der Waals surface area contributed by atoms with E-state index in [9.17, 15) is 15.0 Å². The normalized spacial score (nSPS) is 38.2. The van der Waals surface area contributed by atoms with Crippen molar-refractivity contribution in [2.75, 3.05) is 26.2 Å². The van der Waals surface area contributed by atoms with Crippen molar-refractivity contribution < 1.29 is 19.8 Å². The van der Waals surface area contributed by atoms with Crippen LogP contribution >= 0.6 is 0 Å². The zero-order valence-electron chi connectivity index (χ0n) is 19.2. The molecule has 7 atom stereocenters. The lowest BCUT2D eigenvalue weighted by atomic mass is 9.79. The molecule has 0 aromatic heterocycles. The van der Waals surface area contributed by atoms with Gasteiger partial charge in [0.25, 0.3) is 0 Å². The Morgan fingerprint density at radius 1 is 1.16 bits per heavy atom. The number of fused-ring (bicyclic) bond motifs is 1. The molecule has 2 saturated carbocycles. The van der Waals surface area contributed by atoms with Gasteiger partial charge in [0.2, 0.25) is 5.91 Å². The zero-order valence-corrected chi connectivity index (χ0v) is 19.2. The van der Waals surface area contributed by atoms with Gasteiger partial charge in [0.05, 0.1) is 12.7 Å². The van der Waals surface area contributed by atoms with Gasteiger partial charge in [-0.25, -0.2) is 0 Å². The van der Waals surface area contributed by atoms with Gasteiger partial charge in [-0.05, 0) is 63.3 Å². The number of hydroxylamine groups is 2. The monoisotopic (exact) mass is 437 g/mol. The third-order valence-corrected chi connectivity index (χ3v) is 8.39. The van der Waals surface area contributed by atoms with E-state index in [1.807, 2.05) is 0 Å². The molecular weight excluding hydrogens is 394 g/mol. The Hall–Kier alpha value is -0.730. The molecule has 7 heteroatoms. The van der Waals surface area contributed by atoms with Crippen LogP contribution in [0.4, 0.5) is 0 Å². The van der Waals surface area contributed by atoms with Crippen molar-refractivity contribution in [2.24, 2.45) is 23.7 Å². The summed E-state index contributed by atoms with van der Waals surface area (Å²) in [6.07, 6.45) is 11.1. The highest BCUT2D eigenvalue weighted by atomic mass is 16.7. The maximum Gasteiger partial charge on any atom is 0.240 e. The molecule has 1 amide bonds. The summed E-state index contributed by atoms with van der Waals surface area (Å²) in [5, 5.41) is 28.9. The number of carbonyl (C=O) groups is 1. The van der Waals surface area contributed by atoms with E-state index >= 15 is 0 Å². The molecule has 7 nitrogen and oxygen atoms in total. The first-order valence-electron chi connectivity index (χ1n) is 12.8. The Morgan fingerprint density at radius 2 is 1.90 bits per heavy atom. The second-order valence-corrected chi connectivity index (χ2v) is 10.5. The second kappa shape index (κ2) is 10.9. The van der Waals surface area contributed by atoms with Crippen molar-refractivity contribution in [3.05, 3.63) is 0 Å². The first-order chi connectivity index (χ1) is 15.1. The number of nitrogens with one attached hydrogen (secondary N) is 2. The summed E-state index contributed by atoms with van der Waals surface area (Å²) < 4.78 is 0. The largest absolute Gasteiger partial charge is 0.396 e. The van der Waals surface area contributed by atoms with Gasteiger partial charge in [-0.2, -0.15) is 5.06 Å². The minimum absolute atomic E-state index is 0.0656. The van der Waals surface area contributed by atoms with E-state index in [4.69, 9.17) is 4.84 Å². The van der Waals surface area contributed by atoms with Gasteiger partial charge in [0.15, 0.2) is 0 Å². The van der Waals surface area contributed by atoms with Crippen LogP contribution in [0.5, 0.6) is 0 Å². The minimum Gasteiger partial charge on any atom is -0.396 e. The fourth-order valence-corrected chi connectivity index (χ4v) is 6.68. The Kier molecular flexibility index (Phi) is 8.26. The number of nitrogens with zero attached hydrogens (tertiary/aromatic N) is 1. The highest BCUT2D eigenvalue weighted by Crippen LogP contribution is 2.36. The maximum atomic E-state index is 13.3. The molecule has 178 valence electrons. The van der Waals surface area contributed by atoms with Crippen LogP contribution in [-0.4, -0.2) is 71.7 Å². The SMILES string of the molecule is C[C@H](O)[C@H]1ON(CC2CCCCC2)[C@@H](C(=O)NCCC2CNC3CCCCC23)[C@H]1CO. The van der Waals surface area contributed by atoms with Crippen LogP contribution in [0.15, 0.2) is 0 Å². The summed E-state index contributed by atoms with van der Waals surface area (Å²) in [4.78, 5) is 19.3. The zero-order chi connectivity index (χ0) is 21.8. The molecule has 2 heterocycles. The molecule has 0 aromatic rings. The molecule has 3 unspecified atom stereocenters. The van der Waals surface area contributed by atoms with Gasteiger partial charge in [0.1, 0.15) is 12.1 Å². The Morgan fingerprint density at radius 3 is 2.65 bits per heavy atom. The first kappa shape index (κ1) is 23.4. The molecule has 4 N–H and O–H groups in total. The third kappa shape index (κ3) is 5.44. The van der Waals surface area contributed by atoms with Gasteiger partial charge < -0.3 is 20.8 Å². The molecule has 0 bridgehead atoms. The van der Waals surface area contributed by atoms with E-state index in [0.717, 1.165) is 31.7 Å². The van der Waals surface area contributed by atoms with Crippen LogP contribution in [0.1, 0.15) is 71.1 Å². The van der Waals surface area contributed by atoms with E-state index in [1.165, 1.54) is 44.9 Å². The second-order valence-electron chi connectivity index (χ2n) is 10.5. The van der Waals surface area contributed by atoms with Gasteiger partial charge in [-0.1, -0.05) is 32.1 Å². The quantitative estimate of drug-likeness (QED) is 0.463. The highest BCUT2D eigenvalue weighted by Gasteiger charge is 2.49. The van der Waals surface area contributed by atoms with Crippen LogP contribution in [0.25, 0.3) is 0 Å². The van der Waals surface area contributed by atoms with Crippen molar-refractivity contribution in [1.29, 1.82) is 0 Å². The molecule has 4 aliphatic rings. The van der Waals surface area contributed by atoms with Gasteiger partial charge >= 0.3 is 0 Å². The Bertz CT molecular complexity index is 583. The number of carbonyl (C=O) groups excluding carboxylic acids is 1. The number of hydrogen-bond acceptors (Lipinski definition) is 6. The van der Waals surface area contributed by atoms with Crippen molar-refractivity contribution in [3.8, 4) is 0 Å². The Labute approximate surface area is 187 Å². The lowest BCUT2D eigenvalue weighted by Crippen LogP contribution is -2.49. The van der Waals surface area contributed by atoms with E-state index in [0.29, 0.717) is 31.0 Å². The number of amides is 1. The summed E-state index contributed by atoms with van der Waals surface area (Å²) in [5.41, 5.74) is 0. The molecule has 2 saturated heterocycles. The maximum absolute atomic E-state index is 13.3. The van der Waals surface area contributed by atoms with Gasteiger partial charge in [0, 0.05) is 25.0 Å². The van der Waals surface area contributed by atoms with Crippen molar-refractivity contribution in [1.82, 2.24) is 15.7 Å². The predicted molar refractivity (Wildman–Crippen MR) is 119 cm³/mol. The predicted octanol–water partition coefficient (Wildman–Crippen LogP) is 1.82. The molecule has 0 spiro atoms. The average molecular weight is 438 g/mol. The molecule has 0 aromatic carbocycles. The van der Waals surface area contributed by atoms with Crippen LogP contribution in [0.3, 0.4) is 0 Å². The number of hydrogen-bond donors (Lipinski definition) is 4. The average Bonchev–Trinajstić information content (AvgIpc) is 3.36. The third-order valence-electron chi connectivity index (χ3n) is 8.39. The summed E-state index contributed by atoms with van der Waals surface area (Å²) in [7, 11) is 0. The summed E-state index contributed by atoms with van der Waals surface area (Å²) in [6, 6.07) is 0.143. The molecule has 4 rings (SSSR count). The van der Waals surface area contributed by atoms with Crippen molar-refractivity contribution >= 4 is 5.91 Å². The fraction of sp³-hybridized carbons (Fsp3) is 0.958. The molecule has 2 aliphatic heterocycles. The van der Waals surface area contributed by atoms with Crippen molar-refractivity contribution in [2.45, 2.75) is 95.4 Å². The summed E-state index contributed by atoms with van der Waals surface area (Å²) >= 11 is 0. The Balaban J connectivity index is 1.34. The smallest absolute Gasteiger partial charge is 0.240 e. The number of rotatable bonds is 8. The number of aliphatic hydroxyl groups is 2. The minimum atomic E-state index is -0.725. The standard InChI is InChI=1S/C24H43N3O4/c1-16(29)23-20(15-28)22(27(31-23)14-17-7-3-2-4-8-17)24(30)25-12-11-18-13-26-21-10-6-5-9-19(18)21/h16-23,26,28-29H,2-15H2,1H3,(H,25,30)/t16-,18?,19?,20+,21?,22+,23+/m0/s1. The molecule has 0 radical (unpaired) electrons. The molecule has 2 aliphatic carbocycles. The van der Waals surface area contributed by atoms with E-state index in [1.54, 1.807) is 12.0 Å². The lowest BCUT2D eigenvalue weighted by Gasteiger charge is -2.30. The topological polar surface area (TPSA) is 94.1 Å². The van der Waals surface area contributed by atoms with Crippen LogP contribution < -0.4 is 10.6 Å². The molecular formula is C24H43N3O4. The first-order valence-corrected chi connectivity index (χ1v) is 12.8. The van der Waals surface area contributed by atoms with E-state index < -0.39 is 24.2 Å². The summed E-state index contributed by atoms with van der Waals surface area (Å²) in [5.74, 6) is 1.45. The molecule has 31 heavy (non-hydrogen) atoms. The fourth-order valence-electron chi connectivity index (χ4n) is 6.68. The molecule has 4 fully saturated rings. The van der Waals surface area contributed by atoms with Crippen LogP contribution in [0.2, 0.25) is 0 Å². The lowest BCUT2D eigenvalue weighted by molar-refractivity contribution is -0.192. The van der Waals surface area contributed by atoms with Crippen molar-refractivity contribution in [3.63, 3.8) is 0 Å². The van der Waals surface area contributed by atoms with Gasteiger partial charge in [-0.3, -0.25) is 9.63 Å². The van der Waals surface area contributed by atoms with Crippen LogP contribution in [0, 0.1) is 23.7 Å². The number of aliphatic hydroxyl groups excluding tert-OH is 2. The van der Waals surface area contributed by atoms with E-state index in [-0.39, 0.29) is 12.5 Å². The van der Waals surface area contributed by atoms with Gasteiger partial charge in [-0.15, -0.1) is 0 Å². The van der Waals surface area contributed by atoms with Crippen LogP contribution in [-0.2, 0) is 9.63 Å². The van der Waals surface area contributed by atoms with E-state index in [2.05, 4.69) is 10.6 Å². The highest BCUT2D eigenvalue weighted by molar-refractivity contribution is 5.82.